The summed E-state index contributed by atoms with van der Waals surface area (Å²) in [5, 5.41) is 0. The van der Waals surface area contributed by atoms with Gasteiger partial charge in [0, 0.05) is 12.3 Å². The highest BCUT2D eigenvalue weighted by Crippen LogP contribution is 2.55. The van der Waals surface area contributed by atoms with Gasteiger partial charge in [0.15, 0.2) is 0 Å². The highest BCUT2D eigenvalue weighted by Gasteiger charge is 2.53. The molecule has 0 bridgehead atoms. The molecule has 0 heterocycles. The van der Waals surface area contributed by atoms with Crippen LogP contribution in [0, 0.1) is 17.3 Å². The number of fused-ring (bicyclic) bond motifs is 1. The predicted molar refractivity (Wildman–Crippen MR) is 44.2 cm³/mol. The zero-order chi connectivity index (χ0) is 8.06. The number of Topliss-reactive ketones (excluding diaryl/α,β-unsaturated/α-hetero) is 1. The number of carbonyl (C=O) groups is 1. The van der Waals surface area contributed by atoms with Crippen LogP contribution in [0.3, 0.4) is 0 Å². The van der Waals surface area contributed by atoms with E-state index in [0.717, 1.165) is 12.3 Å². The molecule has 0 aliphatic heterocycles. The van der Waals surface area contributed by atoms with Gasteiger partial charge in [0.25, 0.3) is 0 Å². The Morgan fingerprint density at radius 2 is 2.18 bits per heavy atom. The molecule has 0 saturated heterocycles. The number of carbonyl (C=O) groups excluding carboxylic acids is 1. The van der Waals surface area contributed by atoms with E-state index >= 15 is 0 Å². The molecule has 1 nitrogen and oxygen atoms in total. The second kappa shape index (κ2) is 2.09. The molecule has 2 fully saturated rings. The molecule has 2 aliphatic rings. The van der Waals surface area contributed by atoms with Gasteiger partial charge in [-0.2, -0.15) is 0 Å². The third-order valence-electron chi connectivity index (χ3n) is 4.00. The molecule has 2 saturated carbocycles. The normalized spacial score (nSPS) is 49.8. The second-order valence-corrected chi connectivity index (χ2v) is 4.53. The first-order valence-electron chi connectivity index (χ1n) is 4.67. The maximum Gasteiger partial charge on any atom is 0.137 e. The van der Waals surface area contributed by atoms with Crippen molar-refractivity contribution in [3.05, 3.63) is 0 Å². The number of hydrogen-bond donors (Lipinski definition) is 0. The van der Waals surface area contributed by atoms with Crippen LogP contribution in [-0.2, 0) is 4.79 Å². The van der Waals surface area contributed by atoms with E-state index in [0.29, 0.717) is 17.1 Å². The Bertz CT molecular complexity index is 197. The topological polar surface area (TPSA) is 17.1 Å². The van der Waals surface area contributed by atoms with Crippen molar-refractivity contribution in [2.45, 2.75) is 39.5 Å². The smallest absolute Gasteiger partial charge is 0.137 e. The van der Waals surface area contributed by atoms with Crippen molar-refractivity contribution in [1.82, 2.24) is 0 Å². The van der Waals surface area contributed by atoms with Crippen molar-refractivity contribution < 1.29 is 4.79 Å². The number of rotatable bonds is 0. The molecule has 62 valence electrons. The zero-order valence-corrected chi connectivity index (χ0v) is 7.39. The van der Waals surface area contributed by atoms with E-state index in [9.17, 15) is 4.79 Å². The average molecular weight is 152 g/mol. The van der Waals surface area contributed by atoms with Crippen LogP contribution in [-0.4, -0.2) is 5.78 Å². The van der Waals surface area contributed by atoms with Crippen LogP contribution in [0.4, 0.5) is 0 Å². The molecular formula is C10H16O. The number of ketones is 1. The van der Waals surface area contributed by atoms with E-state index in [1.165, 1.54) is 19.3 Å². The van der Waals surface area contributed by atoms with E-state index in [1.807, 2.05) is 0 Å². The monoisotopic (exact) mass is 152 g/mol. The van der Waals surface area contributed by atoms with Gasteiger partial charge in [-0.3, -0.25) is 4.79 Å². The molecule has 11 heavy (non-hydrogen) atoms. The molecule has 0 spiro atoms. The third kappa shape index (κ3) is 0.800. The molecule has 3 atom stereocenters. The Morgan fingerprint density at radius 3 is 2.73 bits per heavy atom. The quantitative estimate of drug-likeness (QED) is 0.521. The summed E-state index contributed by atoms with van der Waals surface area (Å²) in [6.07, 6.45) is 4.63. The van der Waals surface area contributed by atoms with Crippen LogP contribution in [0.25, 0.3) is 0 Å². The molecule has 0 aromatic heterocycles. The minimum Gasteiger partial charge on any atom is -0.299 e. The van der Waals surface area contributed by atoms with E-state index in [1.54, 1.807) is 0 Å². The van der Waals surface area contributed by atoms with Crippen LogP contribution < -0.4 is 0 Å². The molecule has 2 aliphatic carbocycles. The Hall–Kier alpha value is -0.330. The Morgan fingerprint density at radius 1 is 1.45 bits per heavy atom. The molecule has 0 N–H and O–H groups in total. The van der Waals surface area contributed by atoms with Crippen LogP contribution in [0.15, 0.2) is 0 Å². The lowest BCUT2D eigenvalue weighted by molar-refractivity contribution is -0.150. The standard InChI is InChI=1S/C10H16O/c1-7-4-3-5-8-9(11)6-10(7,8)2/h7-8H,3-6H2,1-2H3. The van der Waals surface area contributed by atoms with E-state index in [-0.39, 0.29) is 0 Å². The van der Waals surface area contributed by atoms with E-state index in [2.05, 4.69) is 13.8 Å². The highest BCUT2D eigenvalue weighted by atomic mass is 16.1. The molecule has 0 aromatic carbocycles. The fourth-order valence-electron chi connectivity index (χ4n) is 2.82. The SMILES string of the molecule is CC1CCCC2C(=O)CC12C. The van der Waals surface area contributed by atoms with E-state index < -0.39 is 0 Å². The van der Waals surface area contributed by atoms with Crippen molar-refractivity contribution in [1.29, 1.82) is 0 Å². The Kier molecular flexibility index (Phi) is 1.39. The second-order valence-electron chi connectivity index (χ2n) is 4.53. The van der Waals surface area contributed by atoms with Gasteiger partial charge in [0.2, 0.25) is 0 Å². The van der Waals surface area contributed by atoms with Crippen molar-refractivity contribution in [3.63, 3.8) is 0 Å². The molecule has 2 rings (SSSR count). The first kappa shape index (κ1) is 7.33. The van der Waals surface area contributed by atoms with Crippen LogP contribution in [0.2, 0.25) is 0 Å². The van der Waals surface area contributed by atoms with Crippen molar-refractivity contribution in [3.8, 4) is 0 Å². The van der Waals surface area contributed by atoms with Crippen LogP contribution >= 0.6 is 0 Å². The predicted octanol–water partition coefficient (Wildman–Crippen LogP) is 2.40. The minimum atomic E-state index is 0.398. The molecule has 3 unspecified atom stereocenters. The summed E-state index contributed by atoms with van der Waals surface area (Å²) in [7, 11) is 0. The summed E-state index contributed by atoms with van der Waals surface area (Å²) in [6, 6.07) is 0. The van der Waals surface area contributed by atoms with Crippen molar-refractivity contribution in [2.75, 3.05) is 0 Å². The Labute approximate surface area is 68.2 Å². The fourth-order valence-corrected chi connectivity index (χ4v) is 2.82. The van der Waals surface area contributed by atoms with Gasteiger partial charge >= 0.3 is 0 Å². The molecule has 0 radical (unpaired) electrons. The third-order valence-corrected chi connectivity index (χ3v) is 4.00. The fraction of sp³-hybridized carbons (Fsp3) is 0.900. The average Bonchev–Trinajstić information content (AvgIpc) is 1.95. The first-order chi connectivity index (χ1) is 5.14. The van der Waals surface area contributed by atoms with Crippen LogP contribution in [0.5, 0.6) is 0 Å². The van der Waals surface area contributed by atoms with Gasteiger partial charge in [0.05, 0.1) is 0 Å². The first-order valence-corrected chi connectivity index (χ1v) is 4.67. The molecule has 0 amide bonds. The largest absolute Gasteiger partial charge is 0.299 e. The summed E-state index contributed by atoms with van der Waals surface area (Å²) >= 11 is 0. The zero-order valence-electron chi connectivity index (χ0n) is 7.39. The maximum absolute atomic E-state index is 11.2. The van der Waals surface area contributed by atoms with Crippen LogP contribution in [0.1, 0.15) is 39.5 Å². The van der Waals surface area contributed by atoms with Gasteiger partial charge in [-0.1, -0.05) is 26.7 Å². The summed E-state index contributed by atoms with van der Waals surface area (Å²) < 4.78 is 0. The van der Waals surface area contributed by atoms with Gasteiger partial charge < -0.3 is 0 Å². The van der Waals surface area contributed by atoms with E-state index in [4.69, 9.17) is 0 Å². The minimum absolute atomic E-state index is 0.398. The molecule has 0 aromatic rings. The van der Waals surface area contributed by atoms with Gasteiger partial charge in [0.1, 0.15) is 5.78 Å². The Balaban J connectivity index is 2.19. The summed E-state index contributed by atoms with van der Waals surface area (Å²) in [5.74, 6) is 1.74. The number of hydrogen-bond acceptors (Lipinski definition) is 1. The van der Waals surface area contributed by atoms with Crippen molar-refractivity contribution >= 4 is 5.78 Å². The van der Waals surface area contributed by atoms with Gasteiger partial charge in [-0.25, -0.2) is 0 Å². The summed E-state index contributed by atoms with van der Waals surface area (Å²) in [4.78, 5) is 11.2. The molecular weight excluding hydrogens is 136 g/mol. The van der Waals surface area contributed by atoms with Crippen molar-refractivity contribution in [2.24, 2.45) is 17.3 Å². The highest BCUT2D eigenvalue weighted by molar-refractivity contribution is 5.89. The summed E-state index contributed by atoms with van der Waals surface area (Å²) in [5.41, 5.74) is 0.398. The lowest BCUT2D eigenvalue weighted by atomic mass is 9.50. The lowest BCUT2D eigenvalue weighted by Gasteiger charge is -2.53. The maximum atomic E-state index is 11.2. The molecule has 1 heteroatoms. The van der Waals surface area contributed by atoms with Gasteiger partial charge in [-0.15, -0.1) is 0 Å². The van der Waals surface area contributed by atoms with Gasteiger partial charge in [-0.05, 0) is 17.8 Å². The lowest BCUT2D eigenvalue weighted by Crippen LogP contribution is -2.52. The summed E-state index contributed by atoms with van der Waals surface area (Å²) in [6.45, 7) is 4.60.